The van der Waals surface area contributed by atoms with Gasteiger partial charge in [-0.1, -0.05) is 18.2 Å². The lowest BCUT2D eigenvalue weighted by Gasteiger charge is -2.40. The fourth-order valence-corrected chi connectivity index (χ4v) is 3.06. The van der Waals surface area contributed by atoms with E-state index in [1.807, 2.05) is 0 Å². The van der Waals surface area contributed by atoms with Crippen LogP contribution in [0.5, 0.6) is 0 Å². The van der Waals surface area contributed by atoms with Crippen molar-refractivity contribution in [3.8, 4) is 0 Å². The number of ether oxygens (including phenoxy) is 1. The smallest absolute Gasteiger partial charge is 0.416 e. The van der Waals surface area contributed by atoms with Crippen LogP contribution in [-0.4, -0.2) is 42.1 Å². The molecule has 0 radical (unpaired) electrons. The molecular formula is C16H18F3NO4. The second-order valence-electron chi connectivity index (χ2n) is 5.59. The average Bonchev–Trinajstić information content (AvgIpc) is 2.52. The van der Waals surface area contributed by atoms with Crippen LogP contribution in [0.1, 0.15) is 30.0 Å². The summed E-state index contributed by atoms with van der Waals surface area (Å²) in [4.78, 5) is 25.0. The number of likely N-dealkylation sites (tertiary alicyclic amines) is 1. The molecule has 0 saturated carbocycles. The van der Waals surface area contributed by atoms with Crippen LogP contribution < -0.4 is 0 Å². The Kier molecular flexibility index (Phi) is 5.48. The predicted octanol–water partition coefficient (Wildman–Crippen LogP) is 2.72. The van der Waals surface area contributed by atoms with Gasteiger partial charge in [-0.3, -0.25) is 9.59 Å². The SMILES string of the molecule is COCCN1C(=O)CC[C@H](C(=O)O)[C@@H]1c1ccccc1C(F)(F)F. The third-order valence-electron chi connectivity index (χ3n) is 4.14. The Balaban J connectivity index is 2.54. The molecule has 1 N–H and O–H groups in total. The van der Waals surface area contributed by atoms with E-state index in [0.717, 1.165) is 6.07 Å². The molecule has 8 heteroatoms. The van der Waals surface area contributed by atoms with Gasteiger partial charge >= 0.3 is 12.1 Å². The first-order valence-corrected chi connectivity index (χ1v) is 7.44. The lowest BCUT2D eigenvalue weighted by atomic mass is 9.82. The summed E-state index contributed by atoms with van der Waals surface area (Å²) in [6.45, 7) is 0.152. The lowest BCUT2D eigenvalue weighted by Crippen LogP contribution is -2.47. The highest BCUT2D eigenvalue weighted by atomic mass is 19.4. The molecule has 0 bridgehead atoms. The number of carboxylic acids is 1. The topological polar surface area (TPSA) is 66.8 Å². The van der Waals surface area contributed by atoms with E-state index in [1.54, 1.807) is 0 Å². The highest BCUT2D eigenvalue weighted by Crippen LogP contribution is 2.42. The van der Waals surface area contributed by atoms with Crippen molar-refractivity contribution in [3.63, 3.8) is 0 Å². The Morgan fingerprint density at radius 2 is 2.04 bits per heavy atom. The predicted molar refractivity (Wildman–Crippen MR) is 78.1 cm³/mol. The van der Waals surface area contributed by atoms with Gasteiger partial charge in [0.05, 0.1) is 24.1 Å². The number of benzene rings is 1. The van der Waals surface area contributed by atoms with Crippen LogP contribution in [0.25, 0.3) is 0 Å². The first-order chi connectivity index (χ1) is 11.3. The monoisotopic (exact) mass is 345 g/mol. The van der Waals surface area contributed by atoms with Crippen molar-refractivity contribution in [2.24, 2.45) is 5.92 Å². The maximum absolute atomic E-state index is 13.3. The van der Waals surface area contributed by atoms with Crippen LogP contribution in [0.4, 0.5) is 13.2 Å². The van der Waals surface area contributed by atoms with Gasteiger partial charge in [-0.2, -0.15) is 13.2 Å². The summed E-state index contributed by atoms with van der Waals surface area (Å²) in [7, 11) is 1.40. The molecule has 5 nitrogen and oxygen atoms in total. The van der Waals surface area contributed by atoms with Crippen molar-refractivity contribution in [3.05, 3.63) is 35.4 Å². The lowest BCUT2D eigenvalue weighted by molar-refractivity contribution is -0.155. The summed E-state index contributed by atoms with van der Waals surface area (Å²) < 4.78 is 44.9. The molecule has 2 rings (SSSR count). The van der Waals surface area contributed by atoms with Crippen LogP contribution in [-0.2, 0) is 20.5 Å². The summed E-state index contributed by atoms with van der Waals surface area (Å²) in [6, 6.07) is 3.63. The summed E-state index contributed by atoms with van der Waals surface area (Å²) in [5.41, 5.74) is -1.11. The van der Waals surface area contributed by atoms with Crippen LogP contribution in [0.2, 0.25) is 0 Å². The molecule has 1 saturated heterocycles. The molecule has 1 aromatic rings. The Morgan fingerprint density at radius 3 is 2.62 bits per heavy atom. The fraction of sp³-hybridized carbons (Fsp3) is 0.500. The molecule has 24 heavy (non-hydrogen) atoms. The normalized spacial score (nSPS) is 21.8. The minimum atomic E-state index is -4.63. The van der Waals surface area contributed by atoms with Gasteiger partial charge in [-0.05, 0) is 18.1 Å². The maximum Gasteiger partial charge on any atom is 0.416 e. The maximum atomic E-state index is 13.3. The Morgan fingerprint density at radius 1 is 1.38 bits per heavy atom. The van der Waals surface area contributed by atoms with E-state index >= 15 is 0 Å². The van der Waals surface area contributed by atoms with Gasteiger partial charge in [0, 0.05) is 20.1 Å². The van der Waals surface area contributed by atoms with E-state index in [4.69, 9.17) is 4.74 Å². The van der Waals surface area contributed by atoms with Crippen LogP contribution in [0.15, 0.2) is 24.3 Å². The molecule has 1 amide bonds. The number of carbonyl (C=O) groups excluding carboxylic acids is 1. The number of carbonyl (C=O) groups is 2. The van der Waals surface area contributed by atoms with Crippen molar-refractivity contribution in [2.75, 3.05) is 20.3 Å². The van der Waals surface area contributed by atoms with E-state index in [2.05, 4.69) is 0 Å². The molecule has 0 spiro atoms. The van der Waals surface area contributed by atoms with Gasteiger partial charge in [0.1, 0.15) is 0 Å². The minimum Gasteiger partial charge on any atom is -0.481 e. The second kappa shape index (κ2) is 7.21. The first-order valence-electron chi connectivity index (χ1n) is 7.44. The zero-order valence-electron chi connectivity index (χ0n) is 13.0. The molecule has 0 aliphatic carbocycles. The molecule has 1 fully saturated rings. The molecular weight excluding hydrogens is 327 g/mol. The molecule has 1 heterocycles. The van der Waals surface area contributed by atoms with Crippen molar-refractivity contribution < 1.29 is 32.6 Å². The number of methoxy groups -OCH3 is 1. The minimum absolute atomic E-state index is 0.00844. The summed E-state index contributed by atoms with van der Waals surface area (Å²) in [6.07, 6.45) is -4.63. The second-order valence-corrected chi connectivity index (χ2v) is 5.59. The van der Waals surface area contributed by atoms with Crippen LogP contribution in [0.3, 0.4) is 0 Å². The Labute approximate surface area is 137 Å². The van der Waals surface area contributed by atoms with E-state index in [9.17, 15) is 27.9 Å². The highest BCUT2D eigenvalue weighted by molar-refractivity contribution is 5.82. The number of alkyl halides is 3. The zero-order chi connectivity index (χ0) is 17.9. The van der Waals surface area contributed by atoms with E-state index in [-0.39, 0.29) is 37.5 Å². The molecule has 1 aliphatic rings. The third kappa shape index (κ3) is 3.69. The number of hydrogen-bond donors (Lipinski definition) is 1. The molecule has 1 aromatic carbocycles. The molecule has 2 atom stereocenters. The zero-order valence-corrected chi connectivity index (χ0v) is 13.0. The van der Waals surface area contributed by atoms with Gasteiger partial charge in [0.2, 0.25) is 5.91 Å². The first kappa shape index (κ1) is 18.3. The Bertz CT molecular complexity index is 618. The molecule has 0 aromatic heterocycles. The molecule has 0 unspecified atom stereocenters. The highest BCUT2D eigenvalue weighted by Gasteiger charge is 2.44. The van der Waals surface area contributed by atoms with Gasteiger partial charge in [0.15, 0.2) is 0 Å². The van der Waals surface area contributed by atoms with Crippen molar-refractivity contribution in [2.45, 2.75) is 25.1 Å². The standard InChI is InChI=1S/C16H18F3NO4/c1-24-9-8-20-13(21)7-6-11(15(22)23)14(20)10-4-2-3-5-12(10)16(17,18)19/h2-5,11,14H,6-9H2,1H3,(H,22,23)/t11-,14-/m0/s1. The molecule has 132 valence electrons. The largest absolute Gasteiger partial charge is 0.481 e. The summed E-state index contributed by atoms with van der Waals surface area (Å²) in [5, 5.41) is 9.44. The van der Waals surface area contributed by atoms with Crippen LogP contribution >= 0.6 is 0 Å². The van der Waals surface area contributed by atoms with Crippen molar-refractivity contribution in [1.29, 1.82) is 0 Å². The fourth-order valence-electron chi connectivity index (χ4n) is 3.06. The van der Waals surface area contributed by atoms with Crippen molar-refractivity contribution in [1.82, 2.24) is 4.90 Å². The Hall–Kier alpha value is -2.09. The third-order valence-corrected chi connectivity index (χ3v) is 4.14. The number of amides is 1. The van der Waals surface area contributed by atoms with Crippen molar-refractivity contribution >= 4 is 11.9 Å². The quantitative estimate of drug-likeness (QED) is 0.891. The van der Waals surface area contributed by atoms with E-state index in [1.165, 1.54) is 30.2 Å². The number of rotatable bonds is 5. The van der Waals surface area contributed by atoms with E-state index in [0.29, 0.717) is 0 Å². The number of hydrogen-bond acceptors (Lipinski definition) is 3. The van der Waals surface area contributed by atoms with E-state index < -0.39 is 29.7 Å². The van der Waals surface area contributed by atoms with Gasteiger partial charge in [-0.25, -0.2) is 0 Å². The number of aliphatic carboxylic acids is 1. The van der Waals surface area contributed by atoms with Gasteiger partial charge in [0.25, 0.3) is 0 Å². The number of carboxylic acid groups (broad SMARTS) is 1. The van der Waals surface area contributed by atoms with Gasteiger partial charge in [-0.15, -0.1) is 0 Å². The number of piperidine rings is 1. The van der Waals surface area contributed by atoms with Gasteiger partial charge < -0.3 is 14.7 Å². The summed E-state index contributed by atoms with van der Waals surface area (Å²) >= 11 is 0. The molecule has 1 aliphatic heterocycles. The number of halogens is 3. The average molecular weight is 345 g/mol. The van der Waals surface area contributed by atoms with Crippen LogP contribution in [0, 0.1) is 5.92 Å². The summed E-state index contributed by atoms with van der Waals surface area (Å²) in [5.74, 6) is -2.68. The number of nitrogens with zero attached hydrogens (tertiary/aromatic N) is 1.